The van der Waals surface area contributed by atoms with Gasteiger partial charge >= 0.3 is 5.97 Å². The van der Waals surface area contributed by atoms with Crippen molar-refractivity contribution in [1.29, 1.82) is 0 Å². The number of carboxylic acids is 1. The number of halogens is 1. The van der Waals surface area contributed by atoms with Crippen LogP contribution in [0.15, 0.2) is 18.2 Å². The summed E-state index contributed by atoms with van der Waals surface area (Å²) in [6.45, 7) is 0.681. The van der Waals surface area contributed by atoms with Gasteiger partial charge in [-0.3, -0.25) is 4.79 Å². The van der Waals surface area contributed by atoms with E-state index in [1.807, 2.05) is 0 Å². The number of nitrogens with two attached hydrogens (primary N) is 1. The third-order valence-corrected chi connectivity index (χ3v) is 4.33. The van der Waals surface area contributed by atoms with Gasteiger partial charge in [-0.05, 0) is 56.3 Å². The molecule has 4 N–H and O–H groups in total. The molecule has 1 aliphatic carbocycles. The molecule has 1 fully saturated rings. The van der Waals surface area contributed by atoms with Crippen LogP contribution in [0, 0.1) is 11.8 Å². The van der Waals surface area contributed by atoms with Gasteiger partial charge in [0.15, 0.2) is 0 Å². The standard InChI is InChI=1S/C15H19ClN2O3/c16-13-7-11(5-6-12(13)15(20)21)18-14(19)10-3-1-9(8-17)2-4-10/h5-7,9-10H,1-4,8,17H2,(H,18,19)(H,20,21). The Hall–Kier alpha value is -1.59. The molecule has 0 bridgehead atoms. The van der Waals surface area contributed by atoms with Crippen LogP contribution in [0.25, 0.3) is 0 Å². The normalized spacial score (nSPS) is 21.8. The molecular weight excluding hydrogens is 292 g/mol. The van der Waals surface area contributed by atoms with E-state index in [9.17, 15) is 9.59 Å². The van der Waals surface area contributed by atoms with Gasteiger partial charge in [0.1, 0.15) is 0 Å². The number of carboxylic acid groups (broad SMARTS) is 1. The molecule has 1 aromatic carbocycles. The first-order valence-electron chi connectivity index (χ1n) is 7.05. The number of rotatable bonds is 4. The van der Waals surface area contributed by atoms with Crippen molar-refractivity contribution < 1.29 is 14.7 Å². The van der Waals surface area contributed by atoms with Gasteiger partial charge in [0.25, 0.3) is 0 Å². The largest absolute Gasteiger partial charge is 0.478 e. The lowest BCUT2D eigenvalue weighted by Crippen LogP contribution is -2.29. The molecule has 0 heterocycles. The lowest BCUT2D eigenvalue weighted by atomic mass is 9.81. The quantitative estimate of drug-likeness (QED) is 0.797. The van der Waals surface area contributed by atoms with Gasteiger partial charge < -0.3 is 16.2 Å². The van der Waals surface area contributed by atoms with Crippen molar-refractivity contribution in [2.45, 2.75) is 25.7 Å². The summed E-state index contributed by atoms with van der Waals surface area (Å²) in [5.41, 5.74) is 6.19. The second kappa shape index (κ2) is 6.91. The maximum atomic E-state index is 12.2. The molecule has 1 amide bonds. The topological polar surface area (TPSA) is 92.4 Å². The third kappa shape index (κ3) is 3.95. The highest BCUT2D eigenvalue weighted by atomic mass is 35.5. The second-order valence-electron chi connectivity index (χ2n) is 5.44. The van der Waals surface area contributed by atoms with E-state index in [1.165, 1.54) is 12.1 Å². The summed E-state index contributed by atoms with van der Waals surface area (Å²) in [5.74, 6) is -0.605. The van der Waals surface area contributed by atoms with E-state index in [0.29, 0.717) is 18.2 Å². The minimum absolute atomic E-state index is 0.00859. The van der Waals surface area contributed by atoms with Crippen molar-refractivity contribution in [3.05, 3.63) is 28.8 Å². The lowest BCUT2D eigenvalue weighted by Gasteiger charge is -2.26. The number of carbonyl (C=O) groups is 2. The van der Waals surface area contributed by atoms with E-state index in [-0.39, 0.29) is 22.4 Å². The van der Waals surface area contributed by atoms with Crippen LogP contribution in [-0.2, 0) is 4.79 Å². The van der Waals surface area contributed by atoms with Gasteiger partial charge in [-0.15, -0.1) is 0 Å². The highest BCUT2D eigenvalue weighted by Crippen LogP contribution is 2.29. The SMILES string of the molecule is NCC1CCC(C(=O)Nc2ccc(C(=O)O)c(Cl)c2)CC1. The molecular formula is C15H19ClN2O3. The van der Waals surface area contributed by atoms with Gasteiger partial charge in [0, 0.05) is 11.6 Å². The summed E-state index contributed by atoms with van der Waals surface area (Å²) in [6, 6.07) is 4.42. The van der Waals surface area contributed by atoms with Crippen LogP contribution in [0.5, 0.6) is 0 Å². The van der Waals surface area contributed by atoms with Crippen LogP contribution in [0.1, 0.15) is 36.0 Å². The summed E-state index contributed by atoms with van der Waals surface area (Å²) in [7, 11) is 0. The molecule has 2 rings (SSSR count). The average molecular weight is 311 g/mol. The fourth-order valence-corrected chi connectivity index (χ4v) is 2.93. The Morgan fingerprint density at radius 3 is 2.48 bits per heavy atom. The molecule has 0 radical (unpaired) electrons. The van der Waals surface area contributed by atoms with Gasteiger partial charge in [-0.25, -0.2) is 4.79 Å². The number of amides is 1. The number of aromatic carboxylic acids is 1. The predicted octanol–water partition coefficient (Wildman–Crippen LogP) is 2.74. The molecule has 0 atom stereocenters. The monoisotopic (exact) mass is 310 g/mol. The highest BCUT2D eigenvalue weighted by Gasteiger charge is 2.25. The number of hydrogen-bond donors (Lipinski definition) is 3. The Bertz CT molecular complexity index is 540. The zero-order chi connectivity index (χ0) is 15.4. The summed E-state index contributed by atoms with van der Waals surface area (Å²) in [4.78, 5) is 23.1. The van der Waals surface area contributed by atoms with Crippen molar-refractivity contribution in [2.24, 2.45) is 17.6 Å². The molecule has 5 nitrogen and oxygen atoms in total. The number of nitrogens with one attached hydrogen (secondary N) is 1. The Kier molecular flexibility index (Phi) is 5.20. The highest BCUT2D eigenvalue weighted by molar-refractivity contribution is 6.33. The third-order valence-electron chi connectivity index (χ3n) is 4.02. The van der Waals surface area contributed by atoms with Crippen molar-refractivity contribution in [3.8, 4) is 0 Å². The van der Waals surface area contributed by atoms with Crippen LogP contribution < -0.4 is 11.1 Å². The van der Waals surface area contributed by atoms with Crippen molar-refractivity contribution >= 4 is 29.2 Å². The molecule has 0 aromatic heterocycles. The molecule has 114 valence electrons. The van der Waals surface area contributed by atoms with Crippen LogP contribution >= 0.6 is 11.6 Å². The fraction of sp³-hybridized carbons (Fsp3) is 0.467. The average Bonchev–Trinajstić information content (AvgIpc) is 2.47. The van der Waals surface area contributed by atoms with Crippen molar-refractivity contribution in [2.75, 3.05) is 11.9 Å². The fourth-order valence-electron chi connectivity index (χ4n) is 2.67. The van der Waals surface area contributed by atoms with E-state index < -0.39 is 5.97 Å². The summed E-state index contributed by atoms with van der Waals surface area (Å²) in [5, 5.41) is 11.8. The molecule has 0 unspecified atom stereocenters. The minimum atomic E-state index is -1.09. The molecule has 0 saturated heterocycles. The van der Waals surface area contributed by atoms with Crippen LogP contribution in [-0.4, -0.2) is 23.5 Å². The Balaban J connectivity index is 1.97. The second-order valence-corrected chi connectivity index (χ2v) is 5.85. The molecule has 0 aliphatic heterocycles. The predicted molar refractivity (Wildman–Crippen MR) is 81.5 cm³/mol. The molecule has 0 spiro atoms. The lowest BCUT2D eigenvalue weighted by molar-refractivity contribution is -0.121. The first kappa shape index (κ1) is 15.8. The zero-order valence-corrected chi connectivity index (χ0v) is 12.4. The summed E-state index contributed by atoms with van der Waals surface area (Å²) >= 11 is 5.89. The van der Waals surface area contributed by atoms with E-state index in [1.54, 1.807) is 6.07 Å². The number of benzene rings is 1. The van der Waals surface area contributed by atoms with Gasteiger partial charge in [0.05, 0.1) is 10.6 Å². The van der Waals surface area contributed by atoms with Crippen LogP contribution in [0.2, 0.25) is 5.02 Å². The Morgan fingerprint density at radius 1 is 1.29 bits per heavy atom. The van der Waals surface area contributed by atoms with E-state index in [2.05, 4.69) is 5.32 Å². The van der Waals surface area contributed by atoms with Crippen molar-refractivity contribution in [3.63, 3.8) is 0 Å². The number of anilines is 1. The van der Waals surface area contributed by atoms with E-state index >= 15 is 0 Å². The number of hydrogen-bond acceptors (Lipinski definition) is 3. The first-order valence-corrected chi connectivity index (χ1v) is 7.43. The molecule has 1 aromatic rings. The Morgan fingerprint density at radius 2 is 1.95 bits per heavy atom. The molecule has 6 heteroatoms. The van der Waals surface area contributed by atoms with E-state index in [0.717, 1.165) is 25.7 Å². The molecule has 1 aliphatic rings. The van der Waals surface area contributed by atoms with E-state index in [4.69, 9.17) is 22.4 Å². The zero-order valence-electron chi connectivity index (χ0n) is 11.6. The smallest absolute Gasteiger partial charge is 0.337 e. The van der Waals surface area contributed by atoms with Gasteiger partial charge in [-0.1, -0.05) is 11.6 Å². The van der Waals surface area contributed by atoms with Gasteiger partial charge in [0.2, 0.25) is 5.91 Å². The van der Waals surface area contributed by atoms with Gasteiger partial charge in [-0.2, -0.15) is 0 Å². The maximum Gasteiger partial charge on any atom is 0.337 e. The van der Waals surface area contributed by atoms with Crippen molar-refractivity contribution in [1.82, 2.24) is 0 Å². The summed E-state index contributed by atoms with van der Waals surface area (Å²) < 4.78 is 0. The summed E-state index contributed by atoms with van der Waals surface area (Å²) in [6.07, 6.45) is 3.64. The maximum absolute atomic E-state index is 12.2. The molecule has 21 heavy (non-hydrogen) atoms. The molecule has 1 saturated carbocycles. The Labute approximate surface area is 128 Å². The minimum Gasteiger partial charge on any atom is -0.478 e. The van der Waals surface area contributed by atoms with Crippen LogP contribution in [0.4, 0.5) is 5.69 Å². The number of carbonyl (C=O) groups excluding carboxylic acids is 1. The first-order chi connectivity index (χ1) is 10.0. The van der Waals surface area contributed by atoms with Crippen LogP contribution in [0.3, 0.4) is 0 Å².